The summed E-state index contributed by atoms with van der Waals surface area (Å²) < 4.78 is 0. The van der Waals surface area contributed by atoms with Crippen LogP contribution in [0.5, 0.6) is 0 Å². The predicted molar refractivity (Wildman–Crippen MR) is 100 cm³/mol. The molecule has 0 saturated carbocycles. The Labute approximate surface area is 146 Å². The van der Waals surface area contributed by atoms with Crippen molar-refractivity contribution in [2.75, 3.05) is 11.1 Å². The summed E-state index contributed by atoms with van der Waals surface area (Å²) in [5, 5.41) is 20.7. The van der Waals surface area contributed by atoms with Gasteiger partial charge in [-0.05, 0) is 61.0 Å². The van der Waals surface area contributed by atoms with Gasteiger partial charge in [-0.25, -0.2) is 0 Å². The van der Waals surface area contributed by atoms with Crippen LogP contribution in [0.15, 0.2) is 60.9 Å². The van der Waals surface area contributed by atoms with Gasteiger partial charge in [-0.3, -0.25) is 10.4 Å². The molecule has 5 heteroatoms. The zero-order valence-corrected chi connectivity index (χ0v) is 13.7. The van der Waals surface area contributed by atoms with E-state index in [1.54, 1.807) is 36.7 Å². The van der Waals surface area contributed by atoms with E-state index < -0.39 is 0 Å². The van der Waals surface area contributed by atoms with E-state index in [-0.39, 0.29) is 0 Å². The Balaban J connectivity index is 1.92. The number of anilines is 3. The molecule has 5 nitrogen and oxygen atoms in total. The molecule has 0 fully saturated rings. The van der Waals surface area contributed by atoms with Crippen LogP contribution in [-0.4, -0.2) is 10.7 Å². The minimum Gasteiger partial charge on any atom is -0.398 e. The summed E-state index contributed by atoms with van der Waals surface area (Å²) in [7, 11) is 0. The zero-order valence-electron chi connectivity index (χ0n) is 13.7. The average Bonchev–Trinajstić information content (AvgIpc) is 2.65. The lowest BCUT2D eigenvalue weighted by atomic mass is 10.0. The second-order valence-electron chi connectivity index (χ2n) is 5.68. The zero-order chi connectivity index (χ0) is 17.8. The van der Waals surface area contributed by atoms with Crippen LogP contribution < -0.4 is 11.1 Å². The van der Waals surface area contributed by atoms with Crippen molar-refractivity contribution in [1.82, 2.24) is 4.98 Å². The van der Waals surface area contributed by atoms with Crippen LogP contribution in [-0.2, 0) is 0 Å². The van der Waals surface area contributed by atoms with Crippen molar-refractivity contribution < 1.29 is 0 Å². The van der Waals surface area contributed by atoms with Gasteiger partial charge in [-0.2, -0.15) is 5.26 Å². The Morgan fingerprint density at radius 1 is 1.12 bits per heavy atom. The number of benzene rings is 2. The molecule has 0 radical (unpaired) electrons. The number of hydrogen-bond donors (Lipinski definition) is 3. The molecule has 4 N–H and O–H groups in total. The van der Waals surface area contributed by atoms with E-state index in [0.717, 1.165) is 22.5 Å². The lowest BCUT2D eigenvalue weighted by Crippen LogP contribution is -2.06. The normalized spacial score (nSPS) is 10.1. The summed E-state index contributed by atoms with van der Waals surface area (Å²) in [6.07, 6.45) is 3.31. The average molecular weight is 327 g/mol. The lowest BCUT2D eigenvalue weighted by molar-refractivity contribution is 1.31. The first-order chi connectivity index (χ1) is 12.1. The fourth-order valence-electron chi connectivity index (χ4n) is 2.55. The highest BCUT2D eigenvalue weighted by molar-refractivity contribution is 6.14. The molecule has 0 aliphatic heterocycles. The Kier molecular flexibility index (Phi) is 4.44. The molecule has 0 amide bonds. The number of nitrogens with zero attached hydrogens (tertiary/aromatic N) is 2. The van der Waals surface area contributed by atoms with Gasteiger partial charge in [0.1, 0.15) is 0 Å². The summed E-state index contributed by atoms with van der Waals surface area (Å²) in [6, 6.07) is 16.7. The molecule has 0 atom stereocenters. The van der Waals surface area contributed by atoms with Gasteiger partial charge in [0.25, 0.3) is 0 Å². The number of nitrogens with two attached hydrogens (primary N) is 1. The molecule has 3 aromatic rings. The molecule has 2 aromatic carbocycles. The van der Waals surface area contributed by atoms with Gasteiger partial charge < -0.3 is 11.1 Å². The van der Waals surface area contributed by atoms with Crippen LogP contribution in [0, 0.1) is 23.7 Å². The Morgan fingerprint density at radius 3 is 2.56 bits per heavy atom. The summed E-state index contributed by atoms with van der Waals surface area (Å²) in [5.41, 5.74) is 11.7. The van der Waals surface area contributed by atoms with Crippen LogP contribution in [0.2, 0.25) is 0 Å². The molecule has 1 heterocycles. The Hall–Kier alpha value is -3.65. The SMILES string of the molecule is Cc1cc(C#N)ccc1Nc1ccc(N)c(C(=N)c2ccncc2)c1. The summed E-state index contributed by atoms with van der Waals surface area (Å²) in [6.45, 7) is 1.94. The minimum absolute atomic E-state index is 0.347. The van der Waals surface area contributed by atoms with Crippen LogP contribution in [0.4, 0.5) is 17.1 Å². The van der Waals surface area contributed by atoms with Crippen molar-refractivity contribution in [2.45, 2.75) is 6.92 Å². The van der Waals surface area contributed by atoms with Crippen molar-refractivity contribution in [3.05, 3.63) is 83.2 Å². The van der Waals surface area contributed by atoms with E-state index in [1.165, 1.54) is 0 Å². The van der Waals surface area contributed by atoms with E-state index >= 15 is 0 Å². The first kappa shape index (κ1) is 16.2. The second-order valence-corrected chi connectivity index (χ2v) is 5.68. The van der Waals surface area contributed by atoms with Gasteiger partial charge >= 0.3 is 0 Å². The highest BCUT2D eigenvalue weighted by atomic mass is 14.9. The van der Waals surface area contributed by atoms with Crippen molar-refractivity contribution in [1.29, 1.82) is 10.7 Å². The van der Waals surface area contributed by atoms with Gasteiger partial charge in [-0.1, -0.05) is 0 Å². The number of hydrogen-bond acceptors (Lipinski definition) is 5. The fraction of sp³-hybridized carbons (Fsp3) is 0.0500. The van der Waals surface area contributed by atoms with Gasteiger partial charge in [0.15, 0.2) is 0 Å². The van der Waals surface area contributed by atoms with Gasteiger partial charge in [0, 0.05) is 40.6 Å². The van der Waals surface area contributed by atoms with Crippen molar-refractivity contribution in [3.63, 3.8) is 0 Å². The van der Waals surface area contributed by atoms with Gasteiger partial charge in [0.05, 0.1) is 17.3 Å². The molecule has 1 aromatic heterocycles. The topological polar surface area (TPSA) is 98.6 Å². The molecule has 0 spiro atoms. The summed E-state index contributed by atoms with van der Waals surface area (Å²) in [5.74, 6) is 0. The second kappa shape index (κ2) is 6.85. The molecule has 3 rings (SSSR count). The molecule has 0 aliphatic carbocycles. The van der Waals surface area contributed by atoms with Gasteiger partial charge in [-0.15, -0.1) is 0 Å². The Morgan fingerprint density at radius 2 is 1.88 bits per heavy atom. The molecule has 0 aliphatic rings. The molecular formula is C20H17N5. The van der Waals surface area contributed by atoms with E-state index in [9.17, 15) is 0 Å². The molecule has 25 heavy (non-hydrogen) atoms. The van der Waals surface area contributed by atoms with Crippen LogP contribution >= 0.6 is 0 Å². The number of nitriles is 1. The highest BCUT2D eigenvalue weighted by Crippen LogP contribution is 2.25. The number of aryl methyl sites for hydroxylation is 1. The number of pyridine rings is 1. The van der Waals surface area contributed by atoms with E-state index in [4.69, 9.17) is 16.4 Å². The smallest absolute Gasteiger partial charge is 0.0991 e. The van der Waals surface area contributed by atoms with Crippen molar-refractivity contribution >= 4 is 22.8 Å². The van der Waals surface area contributed by atoms with E-state index in [2.05, 4.69) is 16.4 Å². The van der Waals surface area contributed by atoms with Gasteiger partial charge in [0.2, 0.25) is 0 Å². The van der Waals surface area contributed by atoms with E-state index in [1.807, 2.05) is 31.2 Å². The largest absolute Gasteiger partial charge is 0.398 e. The number of aromatic nitrogens is 1. The monoisotopic (exact) mass is 327 g/mol. The molecule has 122 valence electrons. The van der Waals surface area contributed by atoms with E-state index in [0.29, 0.717) is 22.5 Å². The third-order valence-corrected chi connectivity index (χ3v) is 3.93. The number of rotatable bonds is 4. The lowest BCUT2D eigenvalue weighted by Gasteiger charge is -2.13. The van der Waals surface area contributed by atoms with Crippen molar-refractivity contribution in [2.24, 2.45) is 0 Å². The third-order valence-electron chi connectivity index (χ3n) is 3.93. The van der Waals surface area contributed by atoms with Crippen LogP contribution in [0.25, 0.3) is 0 Å². The summed E-state index contributed by atoms with van der Waals surface area (Å²) in [4.78, 5) is 3.98. The molecule has 0 saturated heterocycles. The van der Waals surface area contributed by atoms with Crippen LogP contribution in [0.3, 0.4) is 0 Å². The quantitative estimate of drug-likeness (QED) is 0.498. The molecule has 0 bridgehead atoms. The highest BCUT2D eigenvalue weighted by Gasteiger charge is 2.10. The number of nitrogens with one attached hydrogen (secondary N) is 2. The number of nitrogen functional groups attached to an aromatic ring is 1. The maximum Gasteiger partial charge on any atom is 0.0991 e. The predicted octanol–water partition coefficient (Wildman–Crippen LogP) is 4.00. The first-order valence-electron chi connectivity index (χ1n) is 7.75. The molecular weight excluding hydrogens is 310 g/mol. The van der Waals surface area contributed by atoms with Crippen LogP contribution in [0.1, 0.15) is 22.3 Å². The maximum atomic E-state index is 8.97. The third kappa shape index (κ3) is 3.48. The Bertz CT molecular complexity index is 971. The standard InChI is InChI=1S/C20H17N5/c1-13-10-14(12-21)2-5-19(13)25-16-3-4-18(22)17(11-16)20(23)15-6-8-24-9-7-15/h2-11,23,25H,22H2,1H3. The fourth-order valence-corrected chi connectivity index (χ4v) is 2.55. The summed E-state index contributed by atoms with van der Waals surface area (Å²) >= 11 is 0. The maximum absolute atomic E-state index is 8.97. The molecule has 0 unspecified atom stereocenters. The minimum atomic E-state index is 0.347. The first-order valence-corrected chi connectivity index (χ1v) is 7.75. The van der Waals surface area contributed by atoms with Crippen molar-refractivity contribution in [3.8, 4) is 6.07 Å².